The lowest BCUT2D eigenvalue weighted by Crippen LogP contribution is -2.06. The first-order valence-corrected chi connectivity index (χ1v) is 7.76. The van der Waals surface area contributed by atoms with Crippen molar-refractivity contribution < 1.29 is 0 Å². The summed E-state index contributed by atoms with van der Waals surface area (Å²) in [6.45, 7) is 8.64. The molecule has 0 aliphatic rings. The standard InChI is InChI=1S/C12H20BrN3S/c1-7(2)5-17-6-9-15-11(8(3)4)10(13)12(14)16-9/h7-8H,5-6H2,1-4H3,(H2,14,15,16). The van der Waals surface area contributed by atoms with Gasteiger partial charge < -0.3 is 5.73 Å². The average molecular weight is 318 g/mol. The smallest absolute Gasteiger partial charge is 0.141 e. The molecular weight excluding hydrogens is 298 g/mol. The minimum absolute atomic E-state index is 0.350. The van der Waals surface area contributed by atoms with Crippen LogP contribution >= 0.6 is 27.7 Å². The van der Waals surface area contributed by atoms with E-state index in [1.165, 1.54) is 0 Å². The van der Waals surface area contributed by atoms with Gasteiger partial charge in [-0.3, -0.25) is 0 Å². The summed E-state index contributed by atoms with van der Waals surface area (Å²) in [6, 6.07) is 0. The van der Waals surface area contributed by atoms with E-state index in [2.05, 4.69) is 53.6 Å². The molecule has 3 nitrogen and oxygen atoms in total. The molecule has 1 aromatic heterocycles. The van der Waals surface area contributed by atoms with Crippen molar-refractivity contribution in [3.05, 3.63) is 16.0 Å². The predicted octanol–water partition coefficient (Wildman–Crippen LogP) is 3.83. The molecule has 0 aliphatic heterocycles. The molecule has 0 amide bonds. The topological polar surface area (TPSA) is 51.8 Å². The molecule has 1 aromatic rings. The average Bonchev–Trinajstić information content (AvgIpc) is 2.22. The third kappa shape index (κ3) is 4.47. The Labute approximate surface area is 116 Å². The summed E-state index contributed by atoms with van der Waals surface area (Å²) in [7, 11) is 0. The molecule has 0 radical (unpaired) electrons. The summed E-state index contributed by atoms with van der Waals surface area (Å²) in [6.07, 6.45) is 0. The van der Waals surface area contributed by atoms with Crippen molar-refractivity contribution in [2.45, 2.75) is 39.4 Å². The number of anilines is 1. The van der Waals surface area contributed by atoms with Crippen LogP contribution in [0.1, 0.15) is 45.1 Å². The van der Waals surface area contributed by atoms with Crippen LogP contribution in [0.4, 0.5) is 5.82 Å². The van der Waals surface area contributed by atoms with E-state index < -0.39 is 0 Å². The van der Waals surface area contributed by atoms with Crippen LogP contribution in [0.15, 0.2) is 4.47 Å². The van der Waals surface area contributed by atoms with Crippen LogP contribution in [0, 0.1) is 5.92 Å². The maximum atomic E-state index is 5.88. The molecule has 0 saturated heterocycles. The largest absolute Gasteiger partial charge is 0.383 e. The van der Waals surface area contributed by atoms with Crippen LogP contribution in [0.3, 0.4) is 0 Å². The van der Waals surface area contributed by atoms with Gasteiger partial charge in [0.1, 0.15) is 11.6 Å². The van der Waals surface area contributed by atoms with Crippen molar-refractivity contribution in [3.8, 4) is 0 Å². The van der Waals surface area contributed by atoms with E-state index in [0.29, 0.717) is 17.7 Å². The van der Waals surface area contributed by atoms with E-state index in [0.717, 1.165) is 27.5 Å². The number of hydrogen-bond acceptors (Lipinski definition) is 4. The first-order valence-electron chi connectivity index (χ1n) is 5.81. The first kappa shape index (κ1) is 14.8. The molecule has 0 fully saturated rings. The van der Waals surface area contributed by atoms with Crippen LogP contribution in [0.5, 0.6) is 0 Å². The lowest BCUT2D eigenvalue weighted by Gasteiger charge is -2.11. The monoisotopic (exact) mass is 317 g/mol. The maximum Gasteiger partial charge on any atom is 0.141 e. The zero-order chi connectivity index (χ0) is 13.0. The van der Waals surface area contributed by atoms with Gasteiger partial charge in [0.25, 0.3) is 0 Å². The zero-order valence-electron chi connectivity index (χ0n) is 10.8. The van der Waals surface area contributed by atoms with Crippen LogP contribution in [0.25, 0.3) is 0 Å². The van der Waals surface area contributed by atoms with Crippen molar-refractivity contribution in [1.82, 2.24) is 9.97 Å². The summed E-state index contributed by atoms with van der Waals surface area (Å²) in [4.78, 5) is 8.88. The summed E-state index contributed by atoms with van der Waals surface area (Å²) >= 11 is 5.30. The van der Waals surface area contributed by atoms with E-state index in [1.54, 1.807) is 0 Å². The second-order valence-corrected chi connectivity index (χ2v) is 6.61. The van der Waals surface area contributed by atoms with Crippen molar-refractivity contribution in [2.75, 3.05) is 11.5 Å². The van der Waals surface area contributed by atoms with Crippen molar-refractivity contribution >= 4 is 33.5 Å². The van der Waals surface area contributed by atoms with Gasteiger partial charge >= 0.3 is 0 Å². The number of nitrogen functional groups attached to an aromatic ring is 1. The van der Waals surface area contributed by atoms with Gasteiger partial charge in [-0.15, -0.1) is 0 Å². The van der Waals surface area contributed by atoms with E-state index in [-0.39, 0.29) is 0 Å². The highest BCUT2D eigenvalue weighted by molar-refractivity contribution is 9.10. The molecule has 0 bridgehead atoms. The van der Waals surface area contributed by atoms with E-state index in [9.17, 15) is 0 Å². The number of thioether (sulfide) groups is 1. The molecule has 0 unspecified atom stereocenters. The fourth-order valence-corrected chi connectivity index (χ4v) is 2.90. The van der Waals surface area contributed by atoms with Gasteiger partial charge in [0.05, 0.1) is 15.9 Å². The molecule has 0 atom stereocenters. The van der Waals surface area contributed by atoms with Gasteiger partial charge in [0.15, 0.2) is 0 Å². The highest BCUT2D eigenvalue weighted by atomic mass is 79.9. The first-order chi connectivity index (χ1) is 7.91. The summed E-state index contributed by atoms with van der Waals surface area (Å²) < 4.78 is 0.838. The summed E-state index contributed by atoms with van der Waals surface area (Å²) in [5.74, 6) is 4.37. The molecule has 0 aromatic carbocycles. The highest BCUT2D eigenvalue weighted by Gasteiger charge is 2.13. The lowest BCUT2D eigenvalue weighted by molar-refractivity contribution is 0.749. The fraction of sp³-hybridized carbons (Fsp3) is 0.667. The Morgan fingerprint density at radius 3 is 2.41 bits per heavy atom. The minimum atomic E-state index is 0.350. The van der Waals surface area contributed by atoms with Gasteiger partial charge in [0, 0.05) is 0 Å². The number of nitrogens with zero attached hydrogens (tertiary/aromatic N) is 2. The van der Waals surface area contributed by atoms with Crippen LogP contribution in [-0.4, -0.2) is 15.7 Å². The Bertz CT molecular complexity index is 380. The molecule has 1 rings (SSSR count). The molecule has 17 heavy (non-hydrogen) atoms. The van der Waals surface area contributed by atoms with E-state index in [4.69, 9.17) is 5.73 Å². The van der Waals surface area contributed by atoms with Crippen LogP contribution in [0.2, 0.25) is 0 Å². The Morgan fingerprint density at radius 1 is 1.24 bits per heavy atom. The van der Waals surface area contributed by atoms with Gasteiger partial charge in [-0.05, 0) is 33.5 Å². The third-order valence-corrected chi connectivity index (χ3v) is 4.36. The second kappa shape index (κ2) is 6.59. The van der Waals surface area contributed by atoms with Crippen LogP contribution < -0.4 is 5.73 Å². The number of hydrogen-bond donors (Lipinski definition) is 1. The highest BCUT2D eigenvalue weighted by Crippen LogP contribution is 2.27. The summed E-state index contributed by atoms with van der Waals surface area (Å²) in [5, 5.41) is 0. The van der Waals surface area contributed by atoms with Crippen molar-refractivity contribution in [2.24, 2.45) is 5.92 Å². The minimum Gasteiger partial charge on any atom is -0.383 e. The normalized spacial score (nSPS) is 11.5. The molecule has 0 aliphatic carbocycles. The Kier molecular flexibility index (Phi) is 5.73. The number of aromatic nitrogens is 2. The Balaban J connectivity index is 2.80. The SMILES string of the molecule is CC(C)CSCc1nc(N)c(Br)c(C(C)C)n1. The second-order valence-electron chi connectivity index (χ2n) is 4.79. The lowest BCUT2D eigenvalue weighted by atomic mass is 10.1. The van der Waals surface area contributed by atoms with Gasteiger partial charge in [-0.2, -0.15) is 11.8 Å². The van der Waals surface area contributed by atoms with Crippen molar-refractivity contribution in [1.29, 1.82) is 0 Å². The van der Waals surface area contributed by atoms with E-state index in [1.807, 2.05) is 11.8 Å². The molecule has 0 saturated carbocycles. The van der Waals surface area contributed by atoms with Crippen LogP contribution in [-0.2, 0) is 5.75 Å². The molecule has 96 valence electrons. The fourth-order valence-electron chi connectivity index (χ4n) is 1.37. The number of rotatable bonds is 5. The van der Waals surface area contributed by atoms with Crippen molar-refractivity contribution in [3.63, 3.8) is 0 Å². The number of halogens is 1. The number of nitrogens with two attached hydrogens (primary N) is 1. The Morgan fingerprint density at radius 2 is 1.88 bits per heavy atom. The summed E-state index contributed by atoms with van der Waals surface area (Å²) in [5.41, 5.74) is 6.88. The van der Waals surface area contributed by atoms with E-state index >= 15 is 0 Å². The zero-order valence-corrected chi connectivity index (χ0v) is 13.2. The maximum absolute atomic E-state index is 5.88. The van der Waals surface area contributed by atoms with Gasteiger partial charge in [0.2, 0.25) is 0 Å². The molecule has 0 spiro atoms. The molecule has 1 heterocycles. The molecule has 5 heteroatoms. The molecular formula is C12H20BrN3S. The molecule has 2 N–H and O–H groups in total. The van der Waals surface area contributed by atoms with Gasteiger partial charge in [-0.25, -0.2) is 9.97 Å². The predicted molar refractivity (Wildman–Crippen MR) is 79.2 cm³/mol. The quantitative estimate of drug-likeness (QED) is 0.896. The third-order valence-electron chi connectivity index (χ3n) is 2.18. The van der Waals surface area contributed by atoms with Gasteiger partial charge in [-0.1, -0.05) is 27.7 Å². The Hall–Kier alpha value is -0.290.